The van der Waals surface area contributed by atoms with Crippen molar-refractivity contribution in [2.24, 2.45) is 11.7 Å². The lowest BCUT2D eigenvalue weighted by molar-refractivity contribution is 0.248. The van der Waals surface area contributed by atoms with Gasteiger partial charge < -0.3 is 5.73 Å². The molecule has 0 radical (unpaired) electrons. The van der Waals surface area contributed by atoms with Gasteiger partial charge in [0.15, 0.2) is 0 Å². The molecule has 0 spiro atoms. The molecule has 0 heterocycles. The number of aryl methyl sites for hydroxylation is 1. The summed E-state index contributed by atoms with van der Waals surface area (Å²) in [6, 6.07) is 8.95. The van der Waals surface area contributed by atoms with Crippen molar-refractivity contribution in [1.82, 2.24) is 0 Å². The van der Waals surface area contributed by atoms with E-state index in [1.54, 1.807) is 0 Å². The molecule has 0 saturated heterocycles. The minimum Gasteiger partial charge on any atom is -0.321 e. The van der Waals surface area contributed by atoms with Crippen LogP contribution in [-0.4, -0.2) is 0 Å². The molecule has 1 heteroatoms. The first-order chi connectivity index (χ1) is 8.14. The zero-order valence-electron chi connectivity index (χ0n) is 11.2. The van der Waals surface area contributed by atoms with Crippen LogP contribution in [0.3, 0.4) is 0 Å². The molecule has 94 valence electrons. The Hall–Kier alpha value is -0.820. The number of nitrogens with two attached hydrogens (primary N) is 1. The average Bonchev–Trinajstić information content (AvgIpc) is 2.34. The second-order valence-corrected chi connectivity index (χ2v) is 5.79. The van der Waals surface area contributed by atoms with Gasteiger partial charge in [-0.3, -0.25) is 0 Å². The highest BCUT2D eigenvalue weighted by molar-refractivity contribution is 5.30. The molecule has 2 N–H and O–H groups in total. The second kappa shape index (κ2) is 5.22. The summed E-state index contributed by atoms with van der Waals surface area (Å²) >= 11 is 0. The topological polar surface area (TPSA) is 26.0 Å². The Morgan fingerprint density at radius 3 is 2.65 bits per heavy atom. The molecule has 0 unspecified atom stereocenters. The van der Waals surface area contributed by atoms with Crippen LogP contribution < -0.4 is 5.73 Å². The van der Waals surface area contributed by atoms with Crippen LogP contribution in [0.5, 0.6) is 0 Å². The van der Waals surface area contributed by atoms with Crippen LogP contribution in [0.1, 0.15) is 57.1 Å². The van der Waals surface area contributed by atoms with E-state index in [-0.39, 0.29) is 5.54 Å². The van der Waals surface area contributed by atoms with Gasteiger partial charge in [-0.2, -0.15) is 0 Å². The van der Waals surface area contributed by atoms with Gasteiger partial charge in [0.05, 0.1) is 0 Å². The van der Waals surface area contributed by atoms with Crippen molar-refractivity contribution in [3.05, 3.63) is 35.4 Å². The molecule has 1 fully saturated rings. The highest BCUT2D eigenvalue weighted by Gasteiger charge is 2.31. The van der Waals surface area contributed by atoms with Crippen LogP contribution in [0.4, 0.5) is 0 Å². The number of benzene rings is 1. The Morgan fingerprint density at radius 1 is 1.29 bits per heavy atom. The highest BCUT2D eigenvalue weighted by Crippen LogP contribution is 2.37. The van der Waals surface area contributed by atoms with Gasteiger partial charge in [0.25, 0.3) is 0 Å². The van der Waals surface area contributed by atoms with Crippen LogP contribution in [-0.2, 0) is 12.0 Å². The predicted octanol–water partition coefficient (Wildman–Crippen LogP) is 4.00. The summed E-state index contributed by atoms with van der Waals surface area (Å²) in [5, 5.41) is 0. The fourth-order valence-electron chi connectivity index (χ4n) is 2.89. The smallest absolute Gasteiger partial charge is 0.0409 e. The van der Waals surface area contributed by atoms with E-state index < -0.39 is 0 Å². The van der Waals surface area contributed by atoms with Crippen LogP contribution in [0.25, 0.3) is 0 Å². The summed E-state index contributed by atoms with van der Waals surface area (Å²) in [6.07, 6.45) is 7.20. The minimum absolute atomic E-state index is 0.0593. The van der Waals surface area contributed by atoms with Crippen molar-refractivity contribution < 1.29 is 0 Å². The van der Waals surface area contributed by atoms with E-state index in [0.717, 1.165) is 18.8 Å². The standard InChI is InChI=1S/C16H25N/c1-3-5-14-6-4-7-15(12-14)16(17)10-8-13(2)9-11-16/h4,6-7,12-13H,3,5,8-11,17H2,1-2H3. The van der Waals surface area contributed by atoms with Crippen LogP contribution in [0.15, 0.2) is 24.3 Å². The van der Waals surface area contributed by atoms with Crippen molar-refractivity contribution in [3.63, 3.8) is 0 Å². The quantitative estimate of drug-likeness (QED) is 0.836. The SMILES string of the molecule is CCCc1cccc(C2(N)CCC(C)CC2)c1. The summed E-state index contributed by atoms with van der Waals surface area (Å²) in [6.45, 7) is 4.57. The molecule has 0 amide bonds. The third-order valence-corrected chi connectivity index (χ3v) is 4.21. The molecule has 2 rings (SSSR count). The van der Waals surface area contributed by atoms with Crippen molar-refractivity contribution in [1.29, 1.82) is 0 Å². The largest absolute Gasteiger partial charge is 0.321 e. The van der Waals surface area contributed by atoms with Gasteiger partial charge in [-0.1, -0.05) is 44.5 Å². The predicted molar refractivity (Wildman–Crippen MR) is 73.9 cm³/mol. The zero-order chi connectivity index (χ0) is 12.3. The Morgan fingerprint density at radius 2 is 2.00 bits per heavy atom. The van der Waals surface area contributed by atoms with E-state index in [1.807, 2.05) is 0 Å². The molecule has 0 atom stereocenters. The number of hydrogen-bond acceptors (Lipinski definition) is 1. The molecule has 1 aromatic rings. The van der Waals surface area contributed by atoms with Gasteiger partial charge in [-0.05, 0) is 49.1 Å². The van der Waals surface area contributed by atoms with Crippen molar-refractivity contribution in [2.75, 3.05) is 0 Å². The molecular formula is C16H25N. The fraction of sp³-hybridized carbons (Fsp3) is 0.625. The Kier molecular flexibility index (Phi) is 3.88. The monoisotopic (exact) mass is 231 g/mol. The van der Waals surface area contributed by atoms with Crippen molar-refractivity contribution in [3.8, 4) is 0 Å². The maximum absolute atomic E-state index is 6.61. The van der Waals surface area contributed by atoms with Crippen molar-refractivity contribution >= 4 is 0 Å². The maximum Gasteiger partial charge on any atom is 0.0409 e. The lowest BCUT2D eigenvalue weighted by atomic mass is 9.73. The molecule has 17 heavy (non-hydrogen) atoms. The third kappa shape index (κ3) is 2.90. The molecule has 1 aliphatic rings. The lowest BCUT2D eigenvalue weighted by Crippen LogP contribution is -2.40. The molecule has 0 aliphatic heterocycles. The van der Waals surface area contributed by atoms with E-state index in [0.29, 0.717) is 0 Å². The number of hydrogen-bond donors (Lipinski definition) is 1. The summed E-state index contributed by atoms with van der Waals surface area (Å²) in [4.78, 5) is 0. The van der Waals surface area contributed by atoms with Crippen LogP contribution >= 0.6 is 0 Å². The Balaban J connectivity index is 2.17. The van der Waals surface area contributed by atoms with Gasteiger partial charge in [-0.25, -0.2) is 0 Å². The molecular weight excluding hydrogens is 206 g/mol. The molecule has 1 saturated carbocycles. The van der Waals surface area contributed by atoms with Gasteiger partial charge in [0.1, 0.15) is 0 Å². The van der Waals surface area contributed by atoms with Crippen LogP contribution in [0, 0.1) is 5.92 Å². The van der Waals surface area contributed by atoms with E-state index in [4.69, 9.17) is 5.73 Å². The molecule has 1 nitrogen and oxygen atoms in total. The lowest BCUT2D eigenvalue weighted by Gasteiger charge is -2.36. The molecule has 1 aliphatic carbocycles. The summed E-state index contributed by atoms with van der Waals surface area (Å²) in [5.41, 5.74) is 9.34. The van der Waals surface area contributed by atoms with Gasteiger partial charge in [0, 0.05) is 5.54 Å². The first-order valence-electron chi connectivity index (χ1n) is 7.02. The molecule has 0 bridgehead atoms. The number of rotatable bonds is 3. The third-order valence-electron chi connectivity index (χ3n) is 4.21. The normalized spacial score (nSPS) is 29.2. The molecule has 1 aromatic carbocycles. The van der Waals surface area contributed by atoms with Gasteiger partial charge in [0.2, 0.25) is 0 Å². The van der Waals surface area contributed by atoms with Gasteiger partial charge >= 0.3 is 0 Å². The Labute approximate surface area is 105 Å². The first kappa shape index (κ1) is 12.6. The van der Waals surface area contributed by atoms with Crippen molar-refractivity contribution in [2.45, 2.75) is 57.9 Å². The van der Waals surface area contributed by atoms with Crippen LogP contribution in [0.2, 0.25) is 0 Å². The first-order valence-corrected chi connectivity index (χ1v) is 7.02. The maximum atomic E-state index is 6.61. The second-order valence-electron chi connectivity index (χ2n) is 5.79. The average molecular weight is 231 g/mol. The van der Waals surface area contributed by atoms with E-state index in [2.05, 4.69) is 38.1 Å². The van der Waals surface area contributed by atoms with E-state index >= 15 is 0 Å². The minimum atomic E-state index is -0.0593. The summed E-state index contributed by atoms with van der Waals surface area (Å²) in [7, 11) is 0. The highest BCUT2D eigenvalue weighted by atomic mass is 14.7. The molecule has 0 aromatic heterocycles. The zero-order valence-corrected chi connectivity index (χ0v) is 11.2. The summed E-state index contributed by atoms with van der Waals surface area (Å²) < 4.78 is 0. The van der Waals surface area contributed by atoms with E-state index in [9.17, 15) is 0 Å². The van der Waals surface area contributed by atoms with E-state index in [1.165, 1.54) is 36.8 Å². The fourth-order valence-corrected chi connectivity index (χ4v) is 2.89. The van der Waals surface area contributed by atoms with Gasteiger partial charge in [-0.15, -0.1) is 0 Å². The summed E-state index contributed by atoms with van der Waals surface area (Å²) in [5.74, 6) is 0.852. The Bertz CT molecular complexity index is 362.